The van der Waals surface area contributed by atoms with E-state index in [2.05, 4.69) is 36.5 Å². The molecule has 0 saturated heterocycles. The van der Waals surface area contributed by atoms with E-state index in [1.54, 1.807) is 21.3 Å². The number of benzene rings is 1. The summed E-state index contributed by atoms with van der Waals surface area (Å²) >= 11 is 0. The van der Waals surface area contributed by atoms with Crippen LogP contribution in [0.15, 0.2) is 30.3 Å². The van der Waals surface area contributed by atoms with Gasteiger partial charge in [-0.05, 0) is 24.4 Å². The monoisotopic (exact) mass is 297 g/mol. The van der Waals surface area contributed by atoms with Gasteiger partial charge in [0.2, 0.25) is 0 Å². The van der Waals surface area contributed by atoms with Crippen LogP contribution in [0, 0.1) is 5.92 Å². The molecule has 1 aromatic rings. The van der Waals surface area contributed by atoms with Crippen LogP contribution in [0.25, 0.3) is 0 Å². The van der Waals surface area contributed by atoms with E-state index in [0.29, 0.717) is 5.92 Å². The van der Waals surface area contributed by atoms with E-state index in [0.717, 1.165) is 25.6 Å². The molecule has 0 aromatic heterocycles. The van der Waals surface area contributed by atoms with Gasteiger partial charge in [-0.2, -0.15) is 0 Å². The molecule has 1 aromatic carbocycles. The highest BCUT2D eigenvalue weighted by atomic mass is 28.4. The second-order valence-electron chi connectivity index (χ2n) is 5.06. The topological polar surface area (TPSA) is 39.7 Å². The van der Waals surface area contributed by atoms with Crippen molar-refractivity contribution >= 4 is 8.80 Å². The Hall–Kier alpha value is -0.723. The summed E-state index contributed by atoms with van der Waals surface area (Å²) in [7, 11) is 2.57. The third kappa shape index (κ3) is 5.72. The molecule has 0 aliphatic carbocycles. The fourth-order valence-corrected chi connectivity index (χ4v) is 4.26. The van der Waals surface area contributed by atoms with Gasteiger partial charge >= 0.3 is 8.80 Å². The van der Waals surface area contributed by atoms with E-state index in [1.807, 2.05) is 6.07 Å². The van der Waals surface area contributed by atoms with Crippen LogP contribution in [0.5, 0.6) is 0 Å². The van der Waals surface area contributed by atoms with Crippen LogP contribution in [-0.4, -0.2) is 36.7 Å². The molecule has 5 heteroatoms. The van der Waals surface area contributed by atoms with Gasteiger partial charge in [-0.25, -0.2) is 0 Å². The lowest BCUT2D eigenvalue weighted by atomic mass is 10.1. The zero-order valence-electron chi connectivity index (χ0n) is 13.0. The van der Waals surface area contributed by atoms with Crippen LogP contribution in [0.3, 0.4) is 0 Å². The fraction of sp³-hybridized carbons (Fsp3) is 0.600. The van der Waals surface area contributed by atoms with Gasteiger partial charge in [0, 0.05) is 33.9 Å². The Kier molecular flexibility index (Phi) is 8.02. The molecule has 0 spiro atoms. The first-order valence-electron chi connectivity index (χ1n) is 7.06. The fourth-order valence-electron chi connectivity index (χ4n) is 2.21. The molecule has 0 aliphatic rings. The molecule has 0 bridgehead atoms. The number of rotatable bonds is 10. The minimum Gasteiger partial charge on any atom is -0.377 e. The molecule has 0 heterocycles. The molecule has 1 rings (SSSR count). The van der Waals surface area contributed by atoms with Crippen LogP contribution < -0.4 is 5.32 Å². The SMILES string of the molecule is CO[Si](CC(C)CCNCc1ccccc1)(OC)OC. The molecule has 0 saturated carbocycles. The maximum Gasteiger partial charge on any atom is 0.500 e. The van der Waals surface area contributed by atoms with Crippen molar-refractivity contribution in [1.29, 1.82) is 0 Å². The molecule has 0 radical (unpaired) electrons. The highest BCUT2D eigenvalue weighted by Gasteiger charge is 2.39. The zero-order valence-corrected chi connectivity index (χ0v) is 14.0. The summed E-state index contributed by atoms with van der Waals surface area (Å²) in [6.45, 7) is 4.11. The van der Waals surface area contributed by atoms with Crippen LogP contribution in [-0.2, 0) is 19.8 Å². The summed E-state index contributed by atoms with van der Waals surface area (Å²) < 4.78 is 16.4. The van der Waals surface area contributed by atoms with Gasteiger partial charge < -0.3 is 18.6 Å². The number of hydrogen-bond donors (Lipinski definition) is 1. The van der Waals surface area contributed by atoms with Crippen LogP contribution in [0.2, 0.25) is 6.04 Å². The van der Waals surface area contributed by atoms with Gasteiger partial charge in [0.1, 0.15) is 0 Å². The smallest absolute Gasteiger partial charge is 0.377 e. The first kappa shape index (κ1) is 17.3. The standard InChI is InChI=1S/C15H27NO3Si/c1-14(13-20(17-2,18-3)19-4)10-11-16-12-15-8-6-5-7-9-15/h5-9,14,16H,10-13H2,1-4H3. The van der Waals surface area contributed by atoms with Crippen LogP contribution in [0.4, 0.5) is 0 Å². The molecular weight excluding hydrogens is 270 g/mol. The molecular formula is C15H27NO3Si. The van der Waals surface area contributed by atoms with Crippen molar-refractivity contribution in [2.24, 2.45) is 5.92 Å². The lowest BCUT2D eigenvalue weighted by Gasteiger charge is -2.27. The van der Waals surface area contributed by atoms with Gasteiger partial charge in [0.25, 0.3) is 0 Å². The molecule has 1 N–H and O–H groups in total. The van der Waals surface area contributed by atoms with Gasteiger partial charge in [-0.1, -0.05) is 37.3 Å². The number of hydrogen-bond acceptors (Lipinski definition) is 4. The predicted octanol–water partition coefficient (Wildman–Crippen LogP) is 2.68. The molecule has 4 nitrogen and oxygen atoms in total. The lowest BCUT2D eigenvalue weighted by molar-refractivity contribution is 0.118. The summed E-state index contributed by atoms with van der Waals surface area (Å²) in [6.07, 6.45) is 1.08. The minimum absolute atomic E-state index is 0.504. The minimum atomic E-state index is -2.43. The van der Waals surface area contributed by atoms with E-state index >= 15 is 0 Å². The van der Waals surface area contributed by atoms with Gasteiger partial charge in [-0.15, -0.1) is 0 Å². The second kappa shape index (κ2) is 9.26. The maximum atomic E-state index is 5.46. The summed E-state index contributed by atoms with van der Waals surface area (Å²) in [6, 6.07) is 11.3. The van der Waals surface area contributed by atoms with E-state index in [1.165, 1.54) is 5.56 Å². The Labute approximate surface area is 123 Å². The van der Waals surface area contributed by atoms with Crippen molar-refractivity contribution < 1.29 is 13.3 Å². The molecule has 0 amide bonds. The second-order valence-corrected chi connectivity index (χ2v) is 8.05. The molecule has 20 heavy (non-hydrogen) atoms. The van der Waals surface area contributed by atoms with Crippen LogP contribution >= 0.6 is 0 Å². The molecule has 1 unspecified atom stereocenters. The van der Waals surface area contributed by atoms with Gasteiger partial charge in [-0.3, -0.25) is 0 Å². The van der Waals surface area contributed by atoms with Gasteiger partial charge in [0.05, 0.1) is 0 Å². The van der Waals surface area contributed by atoms with E-state index in [9.17, 15) is 0 Å². The Bertz CT molecular complexity index is 349. The normalized spacial score (nSPS) is 13.4. The highest BCUT2D eigenvalue weighted by Crippen LogP contribution is 2.21. The van der Waals surface area contributed by atoms with Gasteiger partial charge in [0.15, 0.2) is 0 Å². The number of nitrogens with one attached hydrogen (secondary N) is 1. The summed E-state index contributed by atoms with van der Waals surface area (Å²) in [5, 5.41) is 3.47. The lowest BCUT2D eigenvalue weighted by Crippen LogP contribution is -2.44. The summed E-state index contributed by atoms with van der Waals surface area (Å²) in [5.74, 6) is 0.504. The maximum absolute atomic E-state index is 5.46. The van der Waals surface area contributed by atoms with Crippen molar-refractivity contribution in [3.8, 4) is 0 Å². The van der Waals surface area contributed by atoms with Crippen molar-refractivity contribution in [3.05, 3.63) is 35.9 Å². The Morgan fingerprint density at radius 3 is 2.20 bits per heavy atom. The van der Waals surface area contributed by atoms with Crippen molar-refractivity contribution in [3.63, 3.8) is 0 Å². The van der Waals surface area contributed by atoms with Crippen molar-refractivity contribution in [1.82, 2.24) is 5.32 Å². The first-order valence-corrected chi connectivity index (χ1v) is 8.99. The third-order valence-corrected chi connectivity index (χ3v) is 6.58. The van der Waals surface area contributed by atoms with Crippen molar-refractivity contribution in [2.45, 2.75) is 25.9 Å². The Morgan fingerprint density at radius 2 is 1.65 bits per heavy atom. The quantitative estimate of drug-likeness (QED) is 0.532. The summed E-state index contributed by atoms with van der Waals surface area (Å²) in [4.78, 5) is 0. The van der Waals surface area contributed by atoms with Crippen molar-refractivity contribution in [2.75, 3.05) is 27.9 Å². The molecule has 114 valence electrons. The Balaban J connectivity index is 2.24. The summed E-state index contributed by atoms with van der Waals surface area (Å²) in [5.41, 5.74) is 1.31. The molecule has 0 aliphatic heterocycles. The van der Waals surface area contributed by atoms with E-state index in [4.69, 9.17) is 13.3 Å². The average Bonchev–Trinajstić information content (AvgIpc) is 2.50. The predicted molar refractivity (Wildman–Crippen MR) is 83.5 cm³/mol. The zero-order chi connectivity index (χ0) is 14.8. The van der Waals surface area contributed by atoms with E-state index < -0.39 is 8.80 Å². The third-order valence-electron chi connectivity index (χ3n) is 3.52. The molecule has 0 fully saturated rings. The average molecular weight is 297 g/mol. The largest absolute Gasteiger partial charge is 0.500 e. The first-order chi connectivity index (χ1) is 9.65. The Morgan fingerprint density at radius 1 is 1.05 bits per heavy atom. The van der Waals surface area contributed by atoms with E-state index in [-0.39, 0.29) is 0 Å². The molecule has 1 atom stereocenters. The highest BCUT2D eigenvalue weighted by molar-refractivity contribution is 6.60. The van der Waals surface area contributed by atoms with Crippen LogP contribution in [0.1, 0.15) is 18.9 Å².